The Morgan fingerprint density at radius 2 is 1.73 bits per heavy atom. The lowest BCUT2D eigenvalue weighted by Gasteiger charge is -2.38. The van der Waals surface area contributed by atoms with Gasteiger partial charge in [-0.2, -0.15) is 0 Å². The molecule has 2 heterocycles. The summed E-state index contributed by atoms with van der Waals surface area (Å²) in [4.78, 5) is 15.6. The molecule has 0 saturated carbocycles. The number of hydrogen-bond acceptors (Lipinski definition) is 4. The van der Waals surface area contributed by atoms with Gasteiger partial charge in [-0.05, 0) is 67.2 Å². The van der Waals surface area contributed by atoms with Crippen LogP contribution in [0.15, 0.2) is 107 Å². The molecule has 1 amide bonds. The van der Waals surface area contributed by atoms with Crippen LogP contribution in [0.3, 0.4) is 0 Å². The number of rotatable bonds is 5. The molecule has 2 N–H and O–H groups in total. The van der Waals surface area contributed by atoms with E-state index in [2.05, 4.69) is 64.8 Å². The third kappa shape index (κ3) is 4.76. The summed E-state index contributed by atoms with van der Waals surface area (Å²) in [5.41, 5.74) is 14.5. The molecular weight excluding hydrogens is 426 g/mol. The molecule has 0 aromatic heterocycles. The van der Waals surface area contributed by atoms with E-state index in [4.69, 9.17) is 5.73 Å². The second kappa shape index (κ2) is 9.72. The number of nitrogens with zero attached hydrogens (tertiary/aromatic N) is 2. The Hall–Kier alpha value is -3.24. The van der Waals surface area contributed by atoms with Gasteiger partial charge in [0, 0.05) is 46.8 Å². The molecule has 3 aliphatic rings. The minimum absolute atomic E-state index is 0.0850. The highest BCUT2D eigenvalue weighted by Gasteiger charge is 2.30. The van der Waals surface area contributed by atoms with E-state index >= 15 is 0 Å². The van der Waals surface area contributed by atoms with Crippen molar-refractivity contribution in [2.24, 2.45) is 11.7 Å². The number of carbonyl (C=O) groups excluding carboxylic acids is 1. The van der Waals surface area contributed by atoms with Crippen LogP contribution in [0.5, 0.6) is 0 Å². The van der Waals surface area contributed by atoms with Gasteiger partial charge < -0.3 is 10.6 Å². The molecule has 0 unspecified atom stereocenters. The molecule has 166 valence electrons. The van der Waals surface area contributed by atoms with Crippen molar-refractivity contribution < 1.29 is 4.79 Å². The van der Waals surface area contributed by atoms with Gasteiger partial charge in [0.15, 0.2) is 0 Å². The first-order chi connectivity index (χ1) is 16.2. The van der Waals surface area contributed by atoms with Crippen LogP contribution < -0.4 is 5.73 Å². The third-order valence-corrected chi connectivity index (χ3v) is 7.05. The molecular formula is C28H27N3OS. The van der Waals surface area contributed by atoms with Crippen LogP contribution in [0, 0.1) is 5.92 Å². The molecule has 5 rings (SSSR count). The van der Waals surface area contributed by atoms with Crippen LogP contribution >= 0.6 is 11.9 Å². The monoisotopic (exact) mass is 453 g/mol. The van der Waals surface area contributed by atoms with Crippen LogP contribution in [0.4, 0.5) is 0 Å². The van der Waals surface area contributed by atoms with Crippen LogP contribution in [-0.2, 0) is 0 Å². The summed E-state index contributed by atoms with van der Waals surface area (Å²) in [6.45, 7) is 2.16. The van der Waals surface area contributed by atoms with Crippen molar-refractivity contribution in [3.8, 4) is 0 Å². The Bertz CT molecular complexity index is 1180. The molecule has 1 fully saturated rings. The molecule has 4 nitrogen and oxygen atoms in total. The van der Waals surface area contributed by atoms with E-state index < -0.39 is 0 Å². The Kier molecular flexibility index (Phi) is 6.36. The molecule has 2 aliphatic heterocycles. The predicted molar refractivity (Wildman–Crippen MR) is 135 cm³/mol. The van der Waals surface area contributed by atoms with E-state index in [0.29, 0.717) is 12.5 Å². The molecule has 0 radical (unpaired) electrons. The van der Waals surface area contributed by atoms with Gasteiger partial charge in [0.1, 0.15) is 0 Å². The van der Waals surface area contributed by atoms with Crippen molar-refractivity contribution in [2.45, 2.75) is 17.7 Å². The lowest BCUT2D eigenvalue weighted by atomic mass is 9.97. The summed E-state index contributed by atoms with van der Waals surface area (Å²) < 4.78 is 2.17. The fourth-order valence-electron chi connectivity index (χ4n) is 4.11. The molecule has 2 bridgehead atoms. The van der Waals surface area contributed by atoms with Crippen molar-refractivity contribution in [1.82, 2.24) is 9.21 Å². The second-order valence-electron chi connectivity index (χ2n) is 8.47. The maximum absolute atomic E-state index is 12.7. The van der Waals surface area contributed by atoms with Crippen LogP contribution in [0.1, 0.15) is 28.8 Å². The van der Waals surface area contributed by atoms with Crippen molar-refractivity contribution in [2.75, 3.05) is 19.6 Å². The summed E-state index contributed by atoms with van der Waals surface area (Å²) in [7, 11) is 0. The Morgan fingerprint density at radius 1 is 1.00 bits per heavy atom. The number of hydrogen-bond donors (Lipinski definition) is 1. The van der Waals surface area contributed by atoms with E-state index in [1.807, 2.05) is 35.2 Å². The number of likely N-dealkylation sites (tertiary alicyclic amines) is 1. The molecule has 2 aromatic carbocycles. The van der Waals surface area contributed by atoms with E-state index in [9.17, 15) is 4.79 Å². The number of benzene rings is 2. The molecule has 1 saturated heterocycles. The summed E-state index contributed by atoms with van der Waals surface area (Å²) in [5.74, 6) is 0.525. The molecule has 5 heteroatoms. The lowest BCUT2D eigenvalue weighted by Crippen LogP contribution is -2.52. The summed E-state index contributed by atoms with van der Waals surface area (Å²) >= 11 is 1.63. The average molecular weight is 454 g/mol. The number of allylic oxidation sites excluding steroid dienone is 5. The number of nitrogens with two attached hydrogens (primary N) is 1. The quantitative estimate of drug-likeness (QED) is 0.487. The van der Waals surface area contributed by atoms with Gasteiger partial charge in [-0.3, -0.25) is 9.10 Å². The number of amides is 1. The summed E-state index contributed by atoms with van der Waals surface area (Å²) in [6.07, 6.45) is 13.0. The molecule has 33 heavy (non-hydrogen) atoms. The zero-order valence-corrected chi connectivity index (χ0v) is 19.3. The molecule has 2 aromatic rings. The van der Waals surface area contributed by atoms with Gasteiger partial charge in [-0.1, -0.05) is 54.3 Å². The summed E-state index contributed by atoms with van der Waals surface area (Å²) in [6, 6.07) is 18.3. The largest absolute Gasteiger partial charge is 0.338 e. The topological polar surface area (TPSA) is 49.6 Å². The zero-order valence-electron chi connectivity index (χ0n) is 18.5. The minimum atomic E-state index is 0.0850. The Labute approximate surface area is 199 Å². The normalized spacial score (nSPS) is 19.8. The van der Waals surface area contributed by atoms with Gasteiger partial charge >= 0.3 is 0 Å². The first kappa shape index (κ1) is 21.6. The third-order valence-electron chi connectivity index (χ3n) is 6.06. The zero-order chi connectivity index (χ0) is 22.6. The van der Waals surface area contributed by atoms with Crippen LogP contribution in [0.25, 0.3) is 5.57 Å². The average Bonchev–Trinajstić information content (AvgIpc) is 2.92. The first-order valence-corrected chi connectivity index (χ1v) is 12.2. The van der Waals surface area contributed by atoms with Crippen molar-refractivity contribution >= 4 is 23.4 Å². The second-order valence-corrected chi connectivity index (χ2v) is 9.52. The fraction of sp³-hybridized carbons (Fsp3) is 0.214. The van der Waals surface area contributed by atoms with E-state index in [-0.39, 0.29) is 5.91 Å². The Morgan fingerprint density at radius 3 is 2.45 bits per heavy atom. The SMILES string of the molecule is NCC1CN(C(=O)c2ccc(SN3C=C(c4ccccc4)C4=C=C3/C=C\CC/C=C\4)cc2)C1. The minimum Gasteiger partial charge on any atom is -0.338 e. The van der Waals surface area contributed by atoms with Gasteiger partial charge in [-0.15, -0.1) is 0 Å². The summed E-state index contributed by atoms with van der Waals surface area (Å²) in [5, 5.41) is 0. The lowest BCUT2D eigenvalue weighted by molar-refractivity contribution is 0.0515. The van der Waals surface area contributed by atoms with E-state index in [1.165, 1.54) is 5.56 Å². The fourth-order valence-corrected chi connectivity index (χ4v) is 4.96. The van der Waals surface area contributed by atoms with Crippen LogP contribution in [0.2, 0.25) is 0 Å². The van der Waals surface area contributed by atoms with E-state index in [1.54, 1.807) is 11.9 Å². The number of carbonyl (C=O) groups is 1. The first-order valence-electron chi connectivity index (χ1n) is 11.4. The molecule has 0 spiro atoms. The predicted octanol–water partition coefficient (Wildman–Crippen LogP) is 5.40. The van der Waals surface area contributed by atoms with Gasteiger partial charge in [0.2, 0.25) is 0 Å². The van der Waals surface area contributed by atoms with Crippen molar-refractivity contribution in [3.05, 3.63) is 113 Å². The van der Waals surface area contributed by atoms with Crippen molar-refractivity contribution in [3.63, 3.8) is 0 Å². The van der Waals surface area contributed by atoms with E-state index in [0.717, 1.165) is 53.2 Å². The maximum Gasteiger partial charge on any atom is 0.253 e. The standard InChI is InChI=1S/C28H27N3OS/c29-17-21-18-30(19-21)28(32)23-12-14-26(15-13-23)33-31-20-27(22-8-5-3-6-9-22)24-10-4-1-2-7-11-25(31)16-24/h3-15,20-21H,1-2,17-19,29H2/b10-4-,11-7-. The van der Waals surface area contributed by atoms with Crippen LogP contribution in [-0.4, -0.2) is 34.7 Å². The smallest absolute Gasteiger partial charge is 0.253 e. The van der Waals surface area contributed by atoms with Gasteiger partial charge in [-0.25, -0.2) is 0 Å². The highest BCUT2D eigenvalue weighted by atomic mass is 32.2. The maximum atomic E-state index is 12.7. The van der Waals surface area contributed by atoms with Gasteiger partial charge in [0.25, 0.3) is 5.91 Å². The highest BCUT2D eigenvalue weighted by Crippen LogP contribution is 2.36. The Balaban J connectivity index is 1.39. The molecule has 0 atom stereocenters. The van der Waals surface area contributed by atoms with Gasteiger partial charge in [0.05, 0.1) is 5.70 Å². The molecule has 1 aliphatic carbocycles. The highest BCUT2D eigenvalue weighted by molar-refractivity contribution is 7.97. The van der Waals surface area contributed by atoms with Crippen molar-refractivity contribution in [1.29, 1.82) is 0 Å².